The molecule has 4 heteroatoms. The minimum Gasteiger partial charge on any atom is -0.272 e. The van der Waals surface area contributed by atoms with Gasteiger partial charge in [0.25, 0.3) is 11.8 Å². The number of carbonyl (C=O) groups is 2. The van der Waals surface area contributed by atoms with Crippen LogP contribution in [0.5, 0.6) is 0 Å². The average Bonchev–Trinajstić information content (AvgIpc) is 2.73. The summed E-state index contributed by atoms with van der Waals surface area (Å²) in [7, 11) is 0. The van der Waals surface area contributed by atoms with E-state index < -0.39 is 0 Å². The van der Waals surface area contributed by atoms with Gasteiger partial charge in [-0.1, -0.05) is 0 Å². The first-order valence-corrected chi connectivity index (χ1v) is 3.80. The number of rotatable bonds is 2. The third-order valence-electron chi connectivity index (χ3n) is 1.78. The topological polar surface area (TPSA) is 46.6 Å². The molecule has 1 saturated carbocycles. The summed E-state index contributed by atoms with van der Waals surface area (Å²) in [5.74, 6) is -0.385. The summed E-state index contributed by atoms with van der Waals surface area (Å²) in [6.07, 6.45) is 2.69. The van der Waals surface area contributed by atoms with Gasteiger partial charge >= 0.3 is 0 Å². The summed E-state index contributed by atoms with van der Waals surface area (Å²) in [5, 5.41) is 0.928. The zero-order valence-corrected chi connectivity index (χ0v) is 6.08. The fourth-order valence-electron chi connectivity index (χ4n) is 0.996. The number of carbonyl (C=O) groups excluding carboxylic acids is 2. The first-order valence-electron chi connectivity index (χ1n) is 3.80. The highest BCUT2D eigenvalue weighted by atomic mass is 16.7. The van der Waals surface area contributed by atoms with Crippen LogP contribution in [0.3, 0.4) is 0 Å². The van der Waals surface area contributed by atoms with Gasteiger partial charge in [-0.3, -0.25) is 14.4 Å². The van der Waals surface area contributed by atoms with Crippen LogP contribution < -0.4 is 0 Å². The first-order chi connectivity index (χ1) is 5.27. The van der Waals surface area contributed by atoms with Crippen LogP contribution in [0.4, 0.5) is 0 Å². The predicted octanol–water partition coefficient (Wildman–Crippen LogP) is 0.229. The molecule has 0 aromatic carbocycles. The van der Waals surface area contributed by atoms with Crippen LogP contribution in [-0.4, -0.2) is 23.0 Å². The predicted molar refractivity (Wildman–Crippen MR) is 35.2 cm³/mol. The zero-order chi connectivity index (χ0) is 7.84. The van der Waals surface area contributed by atoms with Gasteiger partial charge in [-0.15, -0.1) is 0 Å². The van der Waals surface area contributed by atoms with Gasteiger partial charge in [0, 0.05) is 12.8 Å². The molecule has 60 valence electrons. The van der Waals surface area contributed by atoms with E-state index in [2.05, 4.69) is 0 Å². The van der Waals surface area contributed by atoms with Crippen LogP contribution in [0.1, 0.15) is 25.7 Å². The molecule has 11 heavy (non-hydrogen) atoms. The monoisotopic (exact) mass is 155 g/mol. The number of hydroxylamine groups is 2. The number of hydrogen-bond acceptors (Lipinski definition) is 3. The van der Waals surface area contributed by atoms with Crippen molar-refractivity contribution in [3.63, 3.8) is 0 Å². The lowest BCUT2D eigenvalue weighted by Gasteiger charge is -2.11. The highest BCUT2D eigenvalue weighted by molar-refractivity contribution is 6.00. The van der Waals surface area contributed by atoms with Gasteiger partial charge in [0.2, 0.25) is 0 Å². The van der Waals surface area contributed by atoms with E-state index in [1.807, 2.05) is 0 Å². The Morgan fingerprint density at radius 3 is 2.18 bits per heavy atom. The Labute approximate surface area is 64.1 Å². The fraction of sp³-hybridized carbons (Fsp3) is 0.714. The maximum absolute atomic E-state index is 10.9. The van der Waals surface area contributed by atoms with E-state index in [-0.39, 0.29) is 17.9 Å². The van der Waals surface area contributed by atoms with Crippen molar-refractivity contribution in [2.45, 2.75) is 31.8 Å². The second-order valence-corrected chi connectivity index (χ2v) is 2.89. The molecule has 4 nitrogen and oxygen atoms in total. The van der Waals surface area contributed by atoms with Crippen molar-refractivity contribution >= 4 is 11.8 Å². The summed E-state index contributed by atoms with van der Waals surface area (Å²) >= 11 is 0. The second-order valence-electron chi connectivity index (χ2n) is 2.89. The molecule has 0 spiro atoms. The number of hydrogen-bond donors (Lipinski definition) is 0. The summed E-state index contributed by atoms with van der Waals surface area (Å²) in [5.41, 5.74) is 0. The summed E-state index contributed by atoms with van der Waals surface area (Å²) in [4.78, 5) is 26.9. The Bertz CT molecular complexity index is 194. The normalized spacial score (nSPS) is 24.9. The van der Waals surface area contributed by atoms with Crippen molar-refractivity contribution in [2.75, 3.05) is 0 Å². The zero-order valence-electron chi connectivity index (χ0n) is 6.08. The molecule has 0 unspecified atom stereocenters. The van der Waals surface area contributed by atoms with Crippen LogP contribution in [-0.2, 0) is 14.4 Å². The van der Waals surface area contributed by atoms with Crippen molar-refractivity contribution in [2.24, 2.45) is 0 Å². The van der Waals surface area contributed by atoms with Gasteiger partial charge in [0.15, 0.2) is 0 Å². The fourth-order valence-corrected chi connectivity index (χ4v) is 0.996. The van der Waals surface area contributed by atoms with Gasteiger partial charge in [-0.2, -0.15) is 5.06 Å². The van der Waals surface area contributed by atoms with Crippen molar-refractivity contribution in [3.05, 3.63) is 0 Å². The molecule has 0 bridgehead atoms. The molecule has 1 aliphatic carbocycles. The molecule has 0 aromatic heterocycles. The number of imide groups is 1. The van der Waals surface area contributed by atoms with Crippen molar-refractivity contribution in [1.29, 1.82) is 0 Å². The summed E-state index contributed by atoms with van der Waals surface area (Å²) in [6.45, 7) is 0. The Balaban J connectivity index is 1.97. The third-order valence-corrected chi connectivity index (χ3v) is 1.78. The lowest BCUT2D eigenvalue weighted by Crippen LogP contribution is -2.30. The van der Waals surface area contributed by atoms with E-state index in [9.17, 15) is 9.59 Å². The van der Waals surface area contributed by atoms with Crippen molar-refractivity contribution in [3.8, 4) is 0 Å². The maximum atomic E-state index is 10.9. The van der Waals surface area contributed by atoms with Crippen LogP contribution in [0.2, 0.25) is 0 Å². The lowest BCUT2D eigenvalue weighted by molar-refractivity contribution is -0.191. The minimum atomic E-state index is -0.193. The van der Waals surface area contributed by atoms with Crippen LogP contribution in [0, 0.1) is 0 Å². The van der Waals surface area contributed by atoms with E-state index in [0.29, 0.717) is 12.8 Å². The van der Waals surface area contributed by atoms with Crippen LogP contribution in [0.15, 0.2) is 0 Å². The summed E-state index contributed by atoms with van der Waals surface area (Å²) < 4.78 is 0. The Morgan fingerprint density at radius 2 is 1.73 bits per heavy atom. The molecule has 0 aromatic rings. The molecule has 0 N–H and O–H groups in total. The maximum Gasteiger partial charge on any atom is 0.254 e. The van der Waals surface area contributed by atoms with Gasteiger partial charge < -0.3 is 0 Å². The molecule has 2 aliphatic rings. The Kier molecular flexibility index (Phi) is 1.42. The molecular weight excluding hydrogens is 146 g/mol. The molecular formula is C7H9NO3. The van der Waals surface area contributed by atoms with Crippen LogP contribution >= 0.6 is 0 Å². The Morgan fingerprint density at radius 1 is 1.18 bits per heavy atom. The first kappa shape index (κ1) is 6.79. The number of nitrogens with zero attached hydrogens (tertiary/aromatic N) is 1. The molecule has 2 fully saturated rings. The van der Waals surface area contributed by atoms with E-state index >= 15 is 0 Å². The Hall–Kier alpha value is -0.900. The molecule has 1 aliphatic heterocycles. The molecule has 1 heterocycles. The van der Waals surface area contributed by atoms with Gasteiger partial charge in [-0.25, -0.2) is 0 Å². The van der Waals surface area contributed by atoms with Gasteiger partial charge in [-0.05, 0) is 12.8 Å². The van der Waals surface area contributed by atoms with Crippen molar-refractivity contribution in [1.82, 2.24) is 5.06 Å². The summed E-state index contributed by atoms with van der Waals surface area (Å²) in [6, 6.07) is 0. The lowest BCUT2D eigenvalue weighted by atomic mass is 10.4. The quantitative estimate of drug-likeness (QED) is 0.536. The smallest absolute Gasteiger partial charge is 0.254 e. The highest BCUT2D eigenvalue weighted by Crippen LogP contribution is 2.27. The molecule has 0 radical (unpaired) electrons. The SMILES string of the molecule is O=C1CCC(=O)N1OC1CC1. The minimum absolute atomic E-state index is 0.126. The van der Waals surface area contributed by atoms with E-state index in [1.54, 1.807) is 0 Å². The average molecular weight is 155 g/mol. The number of amides is 2. The van der Waals surface area contributed by atoms with E-state index in [1.165, 1.54) is 0 Å². The largest absolute Gasteiger partial charge is 0.272 e. The third kappa shape index (κ3) is 1.26. The molecule has 2 amide bonds. The van der Waals surface area contributed by atoms with Gasteiger partial charge in [0.05, 0.1) is 6.10 Å². The molecule has 1 saturated heterocycles. The second kappa shape index (κ2) is 2.30. The molecule has 2 rings (SSSR count). The molecule has 0 atom stereocenters. The van der Waals surface area contributed by atoms with Crippen LogP contribution in [0.25, 0.3) is 0 Å². The van der Waals surface area contributed by atoms with Gasteiger partial charge in [0.1, 0.15) is 0 Å². The highest BCUT2D eigenvalue weighted by Gasteiger charge is 2.35. The standard InChI is InChI=1S/C7H9NO3/c9-6-3-4-7(10)8(6)11-5-1-2-5/h5H,1-4H2. The van der Waals surface area contributed by atoms with E-state index in [4.69, 9.17) is 4.84 Å². The van der Waals surface area contributed by atoms with E-state index in [0.717, 1.165) is 17.9 Å². The van der Waals surface area contributed by atoms with Crippen molar-refractivity contribution < 1.29 is 14.4 Å².